The van der Waals surface area contributed by atoms with Gasteiger partial charge in [-0.2, -0.15) is 0 Å². The highest BCUT2D eigenvalue weighted by atomic mass is 15.0. The van der Waals surface area contributed by atoms with Crippen LogP contribution in [-0.2, 0) is 0 Å². The summed E-state index contributed by atoms with van der Waals surface area (Å²) >= 11 is 0. The molecule has 0 saturated carbocycles. The third kappa shape index (κ3) is 5.66. The first-order chi connectivity index (χ1) is 25.6. The minimum atomic E-state index is 0.694. The van der Waals surface area contributed by atoms with Crippen LogP contribution in [0.3, 0.4) is 0 Å². The van der Waals surface area contributed by atoms with Gasteiger partial charge in [0.05, 0.1) is 33.8 Å². The summed E-state index contributed by atoms with van der Waals surface area (Å²) in [6.07, 6.45) is 0. The van der Waals surface area contributed by atoms with Gasteiger partial charge in [-0.25, -0.2) is 4.98 Å². The molecule has 0 amide bonds. The van der Waals surface area contributed by atoms with Crippen molar-refractivity contribution >= 4 is 38.9 Å². The van der Waals surface area contributed by atoms with Crippen molar-refractivity contribution in [2.24, 2.45) is 0 Å². The third-order valence-electron chi connectivity index (χ3n) is 9.88. The molecule has 0 aliphatic rings. The fourth-order valence-electron chi connectivity index (χ4n) is 7.30. The van der Waals surface area contributed by atoms with Crippen molar-refractivity contribution in [3.63, 3.8) is 0 Å². The van der Waals surface area contributed by atoms with Gasteiger partial charge in [-0.3, -0.25) is 0 Å². The summed E-state index contributed by atoms with van der Waals surface area (Å²) in [6, 6.07) is 63.7. The van der Waals surface area contributed by atoms with E-state index in [4.69, 9.17) is 10.7 Å². The lowest BCUT2D eigenvalue weighted by Crippen LogP contribution is -2.00. The molecule has 0 aliphatic carbocycles. The molecule has 3 N–H and O–H groups in total. The molecule has 0 radical (unpaired) electrons. The highest BCUT2D eigenvalue weighted by Gasteiger charge is 2.17. The predicted molar refractivity (Wildman–Crippen MR) is 219 cm³/mol. The van der Waals surface area contributed by atoms with E-state index in [-0.39, 0.29) is 0 Å². The topological polar surface area (TPSA) is 55.9 Å². The van der Waals surface area contributed by atoms with Crippen LogP contribution in [0.15, 0.2) is 182 Å². The van der Waals surface area contributed by atoms with Gasteiger partial charge in [0.2, 0.25) is 0 Å². The number of nitrogens with zero attached hydrogens (tertiary/aromatic N) is 2. The highest BCUT2D eigenvalue weighted by Crippen LogP contribution is 2.40. The van der Waals surface area contributed by atoms with E-state index in [0.717, 1.165) is 78.1 Å². The molecular weight excluding hydrogens is 633 g/mol. The highest BCUT2D eigenvalue weighted by molar-refractivity contribution is 6.12. The molecule has 9 aromatic rings. The van der Waals surface area contributed by atoms with Gasteiger partial charge in [0.1, 0.15) is 0 Å². The average molecular weight is 669 g/mol. The lowest BCUT2D eigenvalue weighted by Gasteiger charge is -2.16. The maximum atomic E-state index is 6.84. The lowest BCUT2D eigenvalue weighted by molar-refractivity contribution is 1.18. The fourth-order valence-corrected chi connectivity index (χ4v) is 7.30. The second-order valence-electron chi connectivity index (χ2n) is 13.2. The molecule has 9 rings (SSSR count). The van der Waals surface area contributed by atoms with Gasteiger partial charge < -0.3 is 15.6 Å². The molecule has 4 heteroatoms. The van der Waals surface area contributed by atoms with Crippen molar-refractivity contribution in [2.75, 3.05) is 11.1 Å². The van der Waals surface area contributed by atoms with Gasteiger partial charge in [0.15, 0.2) is 0 Å². The van der Waals surface area contributed by atoms with E-state index < -0.39 is 0 Å². The van der Waals surface area contributed by atoms with E-state index in [0.29, 0.717) is 5.69 Å². The number of aryl methyl sites for hydroxylation is 1. The number of aromatic nitrogens is 2. The standard InChI is InChI=1S/C48H36N4/c1-32-15-8-9-22-38(32)39-23-10-12-25-43(39)50-46-31-48-41(30-42(46)49)40-24-11-13-26-47(40)52(48)37-21-14-20-35(27-37)45-29-36(33-16-4-2-5-17-33)28-44(51-45)34-18-6-3-7-19-34/h2-31,50H,49H2,1H3. The largest absolute Gasteiger partial charge is 0.397 e. The molecule has 0 bridgehead atoms. The number of pyridine rings is 1. The van der Waals surface area contributed by atoms with Gasteiger partial charge in [-0.1, -0.05) is 133 Å². The van der Waals surface area contributed by atoms with E-state index >= 15 is 0 Å². The Kier molecular flexibility index (Phi) is 7.83. The number of fused-ring (bicyclic) bond motifs is 3. The summed E-state index contributed by atoms with van der Waals surface area (Å²) in [5.74, 6) is 0. The number of anilines is 3. The van der Waals surface area contributed by atoms with Crippen LogP contribution in [0.2, 0.25) is 0 Å². The molecule has 0 saturated heterocycles. The van der Waals surface area contributed by atoms with Crippen LogP contribution >= 0.6 is 0 Å². The SMILES string of the molecule is Cc1ccccc1-c1ccccc1Nc1cc2c(cc1N)c1ccccc1n2-c1cccc(-c2cc(-c3ccccc3)cc(-c3ccccc3)n2)c1. The summed E-state index contributed by atoms with van der Waals surface area (Å²) in [6.45, 7) is 2.15. The summed E-state index contributed by atoms with van der Waals surface area (Å²) < 4.78 is 2.34. The van der Waals surface area contributed by atoms with E-state index in [1.165, 1.54) is 11.1 Å². The molecule has 4 nitrogen and oxygen atoms in total. The average Bonchev–Trinajstić information content (AvgIpc) is 3.52. The van der Waals surface area contributed by atoms with Crippen molar-refractivity contribution in [3.05, 3.63) is 188 Å². The minimum Gasteiger partial charge on any atom is -0.397 e. The smallest absolute Gasteiger partial charge is 0.0716 e. The van der Waals surface area contributed by atoms with Crippen LogP contribution in [0.4, 0.5) is 17.1 Å². The van der Waals surface area contributed by atoms with Crippen molar-refractivity contribution in [3.8, 4) is 50.5 Å². The number of hydrogen-bond acceptors (Lipinski definition) is 3. The van der Waals surface area contributed by atoms with Crippen molar-refractivity contribution in [2.45, 2.75) is 6.92 Å². The van der Waals surface area contributed by atoms with Crippen LogP contribution in [-0.4, -0.2) is 9.55 Å². The summed E-state index contributed by atoms with van der Waals surface area (Å²) in [7, 11) is 0. The number of hydrogen-bond donors (Lipinski definition) is 2. The first kappa shape index (κ1) is 31.1. The zero-order chi connectivity index (χ0) is 35.0. The summed E-state index contributed by atoms with van der Waals surface area (Å²) in [4.78, 5) is 5.22. The quantitative estimate of drug-likeness (QED) is 0.166. The van der Waals surface area contributed by atoms with Gasteiger partial charge in [-0.15, -0.1) is 0 Å². The fraction of sp³-hybridized carbons (Fsp3) is 0.0208. The number of nitrogens with one attached hydrogen (secondary N) is 1. The minimum absolute atomic E-state index is 0.694. The second-order valence-corrected chi connectivity index (χ2v) is 13.2. The monoisotopic (exact) mass is 668 g/mol. The first-order valence-corrected chi connectivity index (χ1v) is 17.6. The maximum Gasteiger partial charge on any atom is 0.0716 e. The van der Waals surface area contributed by atoms with Crippen LogP contribution < -0.4 is 11.1 Å². The lowest BCUT2D eigenvalue weighted by atomic mass is 9.99. The van der Waals surface area contributed by atoms with Gasteiger partial charge in [-0.05, 0) is 77.7 Å². The Morgan fingerprint density at radius 3 is 1.88 bits per heavy atom. The molecule has 0 atom stereocenters. The molecule has 2 heterocycles. The Morgan fingerprint density at radius 1 is 0.462 bits per heavy atom. The molecule has 248 valence electrons. The van der Waals surface area contributed by atoms with Crippen LogP contribution in [0.1, 0.15) is 5.56 Å². The Balaban J connectivity index is 1.20. The van der Waals surface area contributed by atoms with E-state index in [9.17, 15) is 0 Å². The van der Waals surface area contributed by atoms with Gasteiger partial charge in [0, 0.05) is 38.8 Å². The van der Waals surface area contributed by atoms with Crippen molar-refractivity contribution in [1.82, 2.24) is 9.55 Å². The van der Waals surface area contributed by atoms with Crippen LogP contribution in [0.25, 0.3) is 72.3 Å². The summed E-state index contributed by atoms with van der Waals surface area (Å²) in [5.41, 5.74) is 22.4. The molecule has 0 aliphatic heterocycles. The Morgan fingerprint density at radius 2 is 1.10 bits per heavy atom. The van der Waals surface area contributed by atoms with Crippen LogP contribution in [0, 0.1) is 6.92 Å². The zero-order valence-electron chi connectivity index (χ0n) is 28.8. The van der Waals surface area contributed by atoms with Gasteiger partial charge >= 0.3 is 0 Å². The number of rotatable bonds is 7. The molecule has 0 fully saturated rings. The van der Waals surface area contributed by atoms with Crippen LogP contribution in [0.5, 0.6) is 0 Å². The number of benzene rings is 7. The van der Waals surface area contributed by atoms with Crippen molar-refractivity contribution in [1.29, 1.82) is 0 Å². The van der Waals surface area contributed by atoms with E-state index in [1.807, 2.05) is 6.07 Å². The van der Waals surface area contributed by atoms with E-state index in [1.54, 1.807) is 0 Å². The Hall–Kier alpha value is -6.91. The van der Waals surface area contributed by atoms with Gasteiger partial charge in [0.25, 0.3) is 0 Å². The molecule has 52 heavy (non-hydrogen) atoms. The second kappa shape index (κ2) is 13.1. The number of para-hydroxylation sites is 2. The summed E-state index contributed by atoms with van der Waals surface area (Å²) in [5, 5.41) is 5.97. The third-order valence-corrected chi connectivity index (χ3v) is 9.88. The zero-order valence-corrected chi connectivity index (χ0v) is 28.8. The predicted octanol–water partition coefficient (Wildman–Crippen LogP) is 12.5. The molecule has 0 unspecified atom stereocenters. The Labute approximate surface area is 303 Å². The normalized spacial score (nSPS) is 11.2. The molecular formula is C48H36N4. The Bertz CT molecular complexity index is 2670. The molecule has 2 aromatic heterocycles. The first-order valence-electron chi connectivity index (χ1n) is 17.6. The molecule has 7 aromatic carbocycles. The molecule has 0 spiro atoms. The number of nitrogens with two attached hydrogens (primary N) is 1. The van der Waals surface area contributed by atoms with Crippen molar-refractivity contribution < 1.29 is 0 Å². The van der Waals surface area contributed by atoms with E-state index in [2.05, 4.69) is 193 Å². The number of nitrogen functional groups attached to an aromatic ring is 1. The maximum absolute atomic E-state index is 6.84.